The van der Waals surface area contributed by atoms with Crippen molar-refractivity contribution in [1.29, 1.82) is 10.5 Å². The van der Waals surface area contributed by atoms with E-state index >= 15 is 0 Å². The molecule has 9 rings (SSSR count). The predicted molar refractivity (Wildman–Crippen MR) is 266 cm³/mol. The Bertz CT molecular complexity index is 2700. The number of hydrogen-bond donors (Lipinski definition) is 4. The fourth-order valence-corrected chi connectivity index (χ4v) is 9.48. The highest BCUT2D eigenvalue weighted by Crippen LogP contribution is 2.42. The lowest BCUT2D eigenvalue weighted by Gasteiger charge is -2.41. The molecule has 0 spiro atoms. The predicted octanol–water partition coefficient (Wildman–Crippen LogP) is 6.93. The lowest BCUT2D eigenvalue weighted by Crippen LogP contribution is -2.47. The molecule has 2 aromatic heterocycles. The van der Waals surface area contributed by atoms with Gasteiger partial charge in [-0.25, -0.2) is 4.98 Å². The molecule has 5 aromatic rings. The first kappa shape index (κ1) is 50.9. The van der Waals surface area contributed by atoms with Crippen LogP contribution in [0.15, 0.2) is 108 Å². The van der Waals surface area contributed by atoms with E-state index in [1.54, 1.807) is 18.3 Å². The van der Waals surface area contributed by atoms with Crippen molar-refractivity contribution >= 4 is 39.4 Å². The van der Waals surface area contributed by atoms with Gasteiger partial charge in [-0.2, -0.15) is 35.2 Å². The molecule has 0 amide bonds. The number of hydrogen-bond acceptors (Lipinski definition) is 15. The van der Waals surface area contributed by atoms with Gasteiger partial charge < -0.3 is 30.6 Å². The number of morpholine rings is 2. The van der Waals surface area contributed by atoms with E-state index in [-0.39, 0.29) is 12.0 Å². The average molecular weight is 970 g/mol. The Balaban J connectivity index is 0.000000188. The summed E-state index contributed by atoms with van der Waals surface area (Å²) in [6.07, 6.45) is 10.0. The summed E-state index contributed by atoms with van der Waals surface area (Å²) in [6, 6.07) is 37.0. The Kier molecular flexibility index (Phi) is 17.5. The minimum atomic E-state index is -3.67. The van der Waals surface area contributed by atoms with Crippen molar-refractivity contribution in [3.05, 3.63) is 126 Å². The van der Waals surface area contributed by atoms with Gasteiger partial charge in [0.2, 0.25) is 11.9 Å². The molecule has 2 aliphatic heterocycles. The highest BCUT2D eigenvalue weighted by atomic mass is 32.2. The molecule has 366 valence electrons. The zero-order valence-electron chi connectivity index (χ0n) is 39.2. The monoisotopic (exact) mass is 969 g/mol. The van der Waals surface area contributed by atoms with Crippen LogP contribution < -0.4 is 21.1 Å². The van der Waals surface area contributed by atoms with E-state index in [4.69, 9.17) is 31.1 Å². The molecule has 2 saturated heterocycles. The topological polar surface area (TPSA) is 247 Å². The van der Waals surface area contributed by atoms with E-state index in [9.17, 15) is 18.9 Å². The van der Waals surface area contributed by atoms with Gasteiger partial charge in [0, 0.05) is 55.8 Å². The van der Waals surface area contributed by atoms with Gasteiger partial charge in [-0.3, -0.25) is 14.4 Å². The summed E-state index contributed by atoms with van der Waals surface area (Å²) < 4.78 is 44.0. The Labute approximate surface area is 409 Å². The van der Waals surface area contributed by atoms with Crippen molar-refractivity contribution in [3.8, 4) is 23.7 Å². The van der Waals surface area contributed by atoms with Gasteiger partial charge in [-0.05, 0) is 111 Å². The van der Waals surface area contributed by atoms with Gasteiger partial charge in [0.05, 0.1) is 55.7 Å². The normalized spacial score (nSPS) is 23.0. The molecule has 70 heavy (non-hydrogen) atoms. The number of nitrogen functional groups attached to an aromatic ring is 1. The molecule has 3 aromatic carbocycles. The number of nitrogens with one attached hydrogen (secondary N) is 2. The number of nitriles is 2. The van der Waals surface area contributed by atoms with Crippen LogP contribution in [0.3, 0.4) is 0 Å². The number of benzene rings is 3. The number of ether oxygens (including phenoxy) is 3. The van der Waals surface area contributed by atoms with Crippen molar-refractivity contribution in [2.24, 2.45) is 5.10 Å². The van der Waals surface area contributed by atoms with Crippen LogP contribution in [0, 0.1) is 29.2 Å². The van der Waals surface area contributed by atoms with E-state index in [2.05, 4.69) is 57.7 Å². The first-order chi connectivity index (χ1) is 33.9. The second kappa shape index (κ2) is 24.0. The number of anilines is 4. The molecule has 4 heterocycles. The largest absolute Gasteiger partial charge is 0.421 e. The first-order valence-electron chi connectivity index (χ1n) is 23.3. The SMILES string of the molecule is CS(=O)(=O)O.N#CC1(c2ccc(Nc3nc(N)n(-c4ccccn4)n3)cc2)CCC(N2CCOCC2)CC1.[C-]#[N+]/N=C(/Nc1ccc(C2(C#N)CCC(N3CCOCC3)CC2)cc1)Oc1ccccc1. The third-order valence-electron chi connectivity index (χ3n) is 13.1. The van der Waals surface area contributed by atoms with Crippen molar-refractivity contribution in [2.45, 2.75) is 74.3 Å². The minimum absolute atomic E-state index is 0.111. The third kappa shape index (κ3) is 13.9. The summed E-state index contributed by atoms with van der Waals surface area (Å²) in [7, 11) is -3.67. The van der Waals surface area contributed by atoms with Gasteiger partial charge in [-0.15, -0.1) is 10.1 Å². The summed E-state index contributed by atoms with van der Waals surface area (Å²) in [6.45, 7) is 14.3. The summed E-state index contributed by atoms with van der Waals surface area (Å²) in [4.78, 5) is 16.7. The lowest BCUT2D eigenvalue weighted by atomic mass is 9.69. The van der Waals surface area contributed by atoms with Crippen LogP contribution in [-0.2, 0) is 30.4 Å². The summed E-state index contributed by atoms with van der Waals surface area (Å²) >= 11 is 0. The van der Waals surface area contributed by atoms with Crippen LogP contribution >= 0.6 is 0 Å². The maximum atomic E-state index is 10.1. The quantitative estimate of drug-likeness (QED) is 0.0384. The van der Waals surface area contributed by atoms with Crippen LogP contribution in [0.5, 0.6) is 5.75 Å². The molecule has 20 heteroatoms. The lowest BCUT2D eigenvalue weighted by molar-refractivity contribution is 0.00505. The van der Waals surface area contributed by atoms with Crippen LogP contribution in [0.2, 0.25) is 0 Å². The molecule has 5 N–H and O–H groups in total. The van der Waals surface area contributed by atoms with Crippen LogP contribution in [0.1, 0.15) is 62.5 Å². The van der Waals surface area contributed by atoms with Gasteiger partial charge in [0.1, 0.15) is 10.9 Å². The average Bonchev–Trinajstić information content (AvgIpc) is 3.76. The molecule has 2 saturated carbocycles. The molecule has 0 bridgehead atoms. The number of pyridine rings is 1. The first-order valence-corrected chi connectivity index (χ1v) is 25.2. The second-order valence-electron chi connectivity index (χ2n) is 17.6. The number of nitrogens with zero attached hydrogens (tertiary/aromatic N) is 10. The number of nitrogens with two attached hydrogens (primary N) is 1. The van der Waals surface area contributed by atoms with Gasteiger partial charge >= 0.3 is 6.02 Å². The highest BCUT2D eigenvalue weighted by molar-refractivity contribution is 7.85. The van der Waals surface area contributed by atoms with Crippen molar-refractivity contribution in [3.63, 3.8) is 0 Å². The smallest absolute Gasteiger partial charge is 0.378 e. The Hall–Kier alpha value is -6.96. The Morgan fingerprint density at radius 2 is 1.29 bits per heavy atom. The van der Waals surface area contributed by atoms with Gasteiger partial charge in [0.25, 0.3) is 10.1 Å². The fourth-order valence-electron chi connectivity index (χ4n) is 9.48. The number of para-hydroxylation sites is 1. The van der Waals surface area contributed by atoms with Gasteiger partial charge in [-0.1, -0.05) is 48.5 Å². The van der Waals surface area contributed by atoms with Gasteiger partial charge in [0.15, 0.2) is 5.82 Å². The highest BCUT2D eigenvalue weighted by Gasteiger charge is 2.40. The van der Waals surface area contributed by atoms with E-state index in [1.165, 1.54) is 4.68 Å². The molecule has 4 fully saturated rings. The minimum Gasteiger partial charge on any atom is -0.421 e. The third-order valence-corrected chi connectivity index (χ3v) is 13.1. The number of aromatic nitrogens is 4. The second-order valence-corrected chi connectivity index (χ2v) is 19.1. The summed E-state index contributed by atoms with van der Waals surface area (Å²) in [5.41, 5.74) is 8.84. The van der Waals surface area contributed by atoms with Crippen molar-refractivity contribution in [1.82, 2.24) is 29.5 Å². The molecule has 0 unspecified atom stereocenters. The standard InChI is InChI=1S/C25H27N5O2.C24H28N8O.CH4O3S/c1-27-29-24(32-23-5-3-2-4-6-23)28-21-9-7-20(8-10-21)25(19-26)13-11-22(12-14-25)30-15-17-31-18-16-30;25-17-24(10-8-20(9-11-24)31-13-15-33-16-14-31)18-4-6-19(7-5-18)28-23-29-22(26)32(30-23)21-3-1-2-12-27-21;1-5(2,3)4/h2-10,22H,11-18H2,(H,28,29);1-7,12,20H,8-11,13-16H2,(H3,26,28,29,30);1H3,(H,2,3,4). The molecule has 19 nitrogen and oxygen atoms in total. The van der Waals surface area contributed by atoms with Crippen LogP contribution in [0.4, 0.5) is 23.3 Å². The summed E-state index contributed by atoms with van der Waals surface area (Å²) in [5.74, 6) is 1.86. The number of rotatable bonds is 9. The van der Waals surface area contributed by atoms with E-state index in [0.717, 1.165) is 126 Å². The maximum absolute atomic E-state index is 10.1. The molecule has 2 aliphatic carbocycles. The van der Waals surface area contributed by atoms with E-state index in [0.29, 0.717) is 35.9 Å². The Morgan fingerprint density at radius 1 is 0.800 bits per heavy atom. The Morgan fingerprint density at radius 3 is 1.74 bits per heavy atom. The molecule has 4 aliphatic rings. The summed E-state index contributed by atoms with van der Waals surface area (Å²) in [5, 5.41) is 34.5. The van der Waals surface area contributed by atoms with Crippen molar-refractivity contribution in [2.75, 3.05) is 75.2 Å². The molecule has 0 atom stereocenters. The maximum Gasteiger partial charge on any atom is 0.378 e. The van der Waals surface area contributed by atoms with E-state index in [1.807, 2.05) is 84.9 Å². The van der Waals surface area contributed by atoms with Crippen LogP contribution in [-0.4, -0.2) is 119 Å². The number of amidine groups is 1. The molecule has 0 radical (unpaired) electrons. The van der Waals surface area contributed by atoms with Crippen LogP contribution in [0.25, 0.3) is 10.8 Å². The molecular formula is C50H59N13O6S. The fraction of sp³-hybridized carbons (Fsp3) is 0.420. The van der Waals surface area contributed by atoms with Crippen molar-refractivity contribution < 1.29 is 27.2 Å². The zero-order chi connectivity index (χ0) is 49.4. The molecular weight excluding hydrogens is 911 g/mol. The van der Waals surface area contributed by atoms with E-state index < -0.39 is 20.9 Å². The zero-order valence-corrected chi connectivity index (χ0v) is 40.0.